The van der Waals surface area contributed by atoms with Crippen molar-refractivity contribution in [3.63, 3.8) is 0 Å². The quantitative estimate of drug-likeness (QED) is 0.557. The first-order chi connectivity index (χ1) is 13.7. The second-order valence-corrected chi connectivity index (χ2v) is 6.60. The van der Waals surface area contributed by atoms with Gasteiger partial charge in [0.25, 0.3) is 0 Å². The number of ether oxygens (including phenoxy) is 3. The van der Waals surface area contributed by atoms with E-state index in [4.69, 9.17) is 14.2 Å². The summed E-state index contributed by atoms with van der Waals surface area (Å²) in [6.07, 6.45) is 3.88. The number of benzene rings is 2. The van der Waals surface area contributed by atoms with Crippen LogP contribution >= 0.6 is 0 Å². The van der Waals surface area contributed by atoms with Crippen molar-refractivity contribution in [1.29, 1.82) is 0 Å². The number of amides is 1. The Hall–Kier alpha value is -2.69. The van der Waals surface area contributed by atoms with E-state index in [-0.39, 0.29) is 5.91 Å². The largest absolute Gasteiger partial charge is 0.493 e. The maximum absolute atomic E-state index is 12.1. The van der Waals surface area contributed by atoms with Crippen LogP contribution in [0.2, 0.25) is 0 Å². The Morgan fingerprint density at radius 1 is 0.964 bits per heavy atom. The molecular formula is C23H31NO4. The molecule has 152 valence electrons. The molecule has 0 heterocycles. The van der Waals surface area contributed by atoms with Crippen LogP contribution in [-0.4, -0.2) is 33.3 Å². The highest BCUT2D eigenvalue weighted by Gasteiger charge is 2.07. The molecule has 0 radical (unpaired) electrons. The number of methoxy groups -OCH3 is 2. The maximum atomic E-state index is 12.1. The van der Waals surface area contributed by atoms with Crippen LogP contribution in [0.25, 0.3) is 0 Å². The van der Waals surface area contributed by atoms with E-state index < -0.39 is 0 Å². The maximum Gasteiger partial charge on any atom is 0.220 e. The van der Waals surface area contributed by atoms with Gasteiger partial charge in [-0.05, 0) is 55.0 Å². The monoisotopic (exact) mass is 385 g/mol. The lowest BCUT2D eigenvalue weighted by Crippen LogP contribution is -2.25. The van der Waals surface area contributed by atoms with Gasteiger partial charge in [0.15, 0.2) is 11.5 Å². The van der Waals surface area contributed by atoms with E-state index in [9.17, 15) is 4.79 Å². The lowest BCUT2D eigenvalue weighted by Gasteiger charge is -2.11. The molecule has 0 saturated carbocycles. The van der Waals surface area contributed by atoms with Crippen molar-refractivity contribution in [2.24, 2.45) is 0 Å². The molecule has 5 nitrogen and oxygen atoms in total. The molecule has 0 spiro atoms. The van der Waals surface area contributed by atoms with Crippen molar-refractivity contribution in [2.45, 2.75) is 39.0 Å². The second kappa shape index (κ2) is 11.9. The molecule has 1 amide bonds. The molecule has 0 atom stereocenters. The number of nitrogens with one attached hydrogen (secondary N) is 1. The fraction of sp³-hybridized carbons (Fsp3) is 0.435. The van der Waals surface area contributed by atoms with E-state index in [1.54, 1.807) is 14.2 Å². The fourth-order valence-electron chi connectivity index (χ4n) is 2.95. The average molecular weight is 386 g/mol. The smallest absolute Gasteiger partial charge is 0.220 e. The summed E-state index contributed by atoms with van der Waals surface area (Å²) in [5, 5.41) is 3.00. The zero-order valence-corrected chi connectivity index (χ0v) is 17.1. The average Bonchev–Trinajstić information content (AvgIpc) is 2.74. The molecule has 0 aromatic heterocycles. The number of hydrogen-bond donors (Lipinski definition) is 1. The highest BCUT2D eigenvalue weighted by atomic mass is 16.5. The molecule has 0 saturated heterocycles. The Bertz CT molecular complexity index is 745. The number of carbonyl (C=O) groups excluding carboxylic acids is 1. The van der Waals surface area contributed by atoms with E-state index in [0.29, 0.717) is 30.9 Å². The Morgan fingerprint density at radius 2 is 1.75 bits per heavy atom. The summed E-state index contributed by atoms with van der Waals surface area (Å²) in [5.74, 6) is 2.39. The first-order valence-corrected chi connectivity index (χ1v) is 9.86. The van der Waals surface area contributed by atoms with Crippen molar-refractivity contribution in [3.05, 3.63) is 53.6 Å². The number of carbonyl (C=O) groups is 1. The predicted molar refractivity (Wildman–Crippen MR) is 111 cm³/mol. The summed E-state index contributed by atoms with van der Waals surface area (Å²) in [5.41, 5.74) is 2.24. The molecule has 0 fully saturated rings. The molecular weight excluding hydrogens is 354 g/mol. The van der Waals surface area contributed by atoms with Gasteiger partial charge in [-0.25, -0.2) is 0 Å². The van der Waals surface area contributed by atoms with Gasteiger partial charge in [-0.2, -0.15) is 0 Å². The van der Waals surface area contributed by atoms with E-state index in [1.165, 1.54) is 5.56 Å². The van der Waals surface area contributed by atoms with Crippen molar-refractivity contribution < 1.29 is 19.0 Å². The van der Waals surface area contributed by atoms with Gasteiger partial charge < -0.3 is 19.5 Å². The van der Waals surface area contributed by atoms with Crippen molar-refractivity contribution in [3.8, 4) is 17.2 Å². The normalized spacial score (nSPS) is 10.4. The summed E-state index contributed by atoms with van der Waals surface area (Å²) < 4.78 is 16.3. The minimum atomic E-state index is 0.0605. The zero-order valence-electron chi connectivity index (χ0n) is 17.1. The molecule has 0 unspecified atom stereocenters. The highest BCUT2D eigenvalue weighted by molar-refractivity contribution is 5.76. The molecule has 28 heavy (non-hydrogen) atoms. The van der Waals surface area contributed by atoms with Gasteiger partial charge in [0.05, 0.1) is 20.8 Å². The van der Waals surface area contributed by atoms with Crippen LogP contribution in [0.1, 0.15) is 37.3 Å². The summed E-state index contributed by atoms with van der Waals surface area (Å²) in [6.45, 7) is 3.48. The molecule has 5 heteroatoms. The predicted octanol–water partition coefficient (Wildman–Crippen LogP) is 4.17. The molecule has 1 N–H and O–H groups in total. The Kier molecular flexibility index (Phi) is 9.19. The summed E-state index contributed by atoms with van der Waals surface area (Å²) in [6, 6.07) is 13.8. The van der Waals surface area contributed by atoms with Crippen LogP contribution in [0.15, 0.2) is 42.5 Å². The van der Waals surface area contributed by atoms with Crippen LogP contribution in [0.5, 0.6) is 17.2 Å². The van der Waals surface area contributed by atoms with E-state index in [2.05, 4.69) is 18.3 Å². The number of hydrogen-bond acceptors (Lipinski definition) is 4. The van der Waals surface area contributed by atoms with Gasteiger partial charge in [-0.15, -0.1) is 0 Å². The van der Waals surface area contributed by atoms with E-state index in [0.717, 1.165) is 37.2 Å². The minimum absolute atomic E-state index is 0.0605. The second-order valence-electron chi connectivity index (χ2n) is 6.60. The SMILES string of the molecule is CCCOc1ccccc1CCCNC(=O)CCc1ccc(OC)c(OC)c1. The Balaban J connectivity index is 1.72. The number of aryl methyl sites for hydroxylation is 2. The van der Waals surface area contributed by atoms with Gasteiger partial charge in [-0.3, -0.25) is 4.79 Å². The van der Waals surface area contributed by atoms with Crippen LogP contribution in [0, 0.1) is 0 Å². The van der Waals surface area contributed by atoms with E-state index in [1.807, 2.05) is 36.4 Å². The standard InChI is InChI=1S/C23H31NO4/c1-4-16-28-20-10-6-5-8-19(20)9-7-15-24-23(25)14-12-18-11-13-21(26-2)22(17-18)27-3/h5-6,8,10-11,13,17H,4,7,9,12,14-16H2,1-3H3,(H,24,25). The number of para-hydroxylation sites is 1. The molecule has 0 aliphatic heterocycles. The van der Waals surface area contributed by atoms with Crippen molar-refractivity contribution in [1.82, 2.24) is 5.32 Å². The zero-order chi connectivity index (χ0) is 20.2. The Morgan fingerprint density at radius 3 is 2.50 bits per heavy atom. The first-order valence-electron chi connectivity index (χ1n) is 9.86. The summed E-state index contributed by atoms with van der Waals surface area (Å²) in [7, 11) is 3.22. The van der Waals surface area contributed by atoms with Crippen LogP contribution in [0.4, 0.5) is 0 Å². The lowest BCUT2D eigenvalue weighted by atomic mass is 10.1. The van der Waals surface area contributed by atoms with Crippen LogP contribution in [0.3, 0.4) is 0 Å². The molecule has 0 bridgehead atoms. The lowest BCUT2D eigenvalue weighted by molar-refractivity contribution is -0.121. The highest BCUT2D eigenvalue weighted by Crippen LogP contribution is 2.28. The topological polar surface area (TPSA) is 56.8 Å². The van der Waals surface area contributed by atoms with Crippen molar-refractivity contribution >= 4 is 5.91 Å². The first kappa shape index (κ1) is 21.6. The third-order valence-electron chi connectivity index (χ3n) is 4.47. The summed E-state index contributed by atoms with van der Waals surface area (Å²) >= 11 is 0. The van der Waals surface area contributed by atoms with E-state index >= 15 is 0 Å². The van der Waals surface area contributed by atoms with Crippen LogP contribution in [-0.2, 0) is 17.6 Å². The third kappa shape index (κ3) is 6.80. The fourth-order valence-corrected chi connectivity index (χ4v) is 2.95. The van der Waals surface area contributed by atoms with Crippen molar-refractivity contribution in [2.75, 3.05) is 27.4 Å². The molecule has 0 aliphatic rings. The van der Waals surface area contributed by atoms with Gasteiger partial charge in [0, 0.05) is 13.0 Å². The molecule has 2 aromatic rings. The van der Waals surface area contributed by atoms with Gasteiger partial charge in [0.2, 0.25) is 5.91 Å². The molecule has 2 aromatic carbocycles. The van der Waals surface area contributed by atoms with Gasteiger partial charge in [0.1, 0.15) is 5.75 Å². The number of rotatable bonds is 12. The van der Waals surface area contributed by atoms with Crippen LogP contribution < -0.4 is 19.5 Å². The molecule has 2 rings (SSSR count). The summed E-state index contributed by atoms with van der Waals surface area (Å²) in [4.78, 5) is 12.1. The van der Waals surface area contributed by atoms with Gasteiger partial charge >= 0.3 is 0 Å². The third-order valence-corrected chi connectivity index (χ3v) is 4.47. The van der Waals surface area contributed by atoms with Gasteiger partial charge in [-0.1, -0.05) is 31.2 Å². The Labute approximate surface area is 168 Å². The molecule has 0 aliphatic carbocycles. The minimum Gasteiger partial charge on any atom is -0.493 e.